The molecule has 4 rings (SSSR count). The number of carbonyl (C=O) groups is 1. The van der Waals surface area contributed by atoms with Crippen LogP contribution in [0.4, 0.5) is 17.1 Å². The molecule has 0 saturated heterocycles. The quantitative estimate of drug-likeness (QED) is 0.729. The molecule has 3 aromatic rings. The first kappa shape index (κ1) is 18.1. The van der Waals surface area contributed by atoms with Crippen LogP contribution in [-0.2, 0) is 14.8 Å². The Hall–Kier alpha value is -3.32. The predicted octanol–water partition coefficient (Wildman–Crippen LogP) is 3.86. The van der Waals surface area contributed by atoms with Crippen molar-refractivity contribution in [1.29, 1.82) is 0 Å². The van der Waals surface area contributed by atoms with E-state index in [0.717, 1.165) is 11.8 Å². The molecule has 142 valence electrons. The molecule has 1 aliphatic heterocycles. The Kier molecular flexibility index (Phi) is 4.52. The number of hydrogen-bond acceptors (Lipinski definition) is 4. The van der Waals surface area contributed by atoms with Crippen LogP contribution in [0.1, 0.15) is 11.7 Å². The van der Waals surface area contributed by atoms with E-state index in [-0.39, 0.29) is 5.91 Å². The van der Waals surface area contributed by atoms with E-state index in [9.17, 15) is 13.2 Å². The van der Waals surface area contributed by atoms with Gasteiger partial charge < -0.3 is 4.74 Å². The molecule has 0 saturated carbocycles. The number of ether oxygens (including phenoxy) is 1. The maximum atomic E-state index is 13.3. The van der Waals surface area contributed by atoms with Gasteiger partial charge in [0.2, 0.25) is 16.1 Å². The summed E-state index contributed by atoms with van der Waals surface area (Å²) in [6.45, 7) is 0. The van der Waals surface area contributed by atoms with E-state index >= 15 is 0 Å². The number of nitrogens with zero attached hydrogens (tertiary/aromatic N) is 1. The van der Waals surface area contributed by atoms with Gasteiger partial charge in [-0.3, -0.25) is 14.4 Å². The fourth-order valence-corrected chi connectivity index (χ4v) is 3.72. The Morgan fingerprint density at radius 2 is 1.57 bits per heavy atom. The van der Waals surface area contributed by atoms with Crippen LogP contribution in [0.2, 0.25) is 0 Å². The summed E-state index contributed by atoms with van der Waals surface area (Å²) in [4.78, 5) is 14.9. The lowest BCUT2D eigenvalue weighted by Gasteiger charge is -2.34. The van der Waals surface area contributed by atoms with Crippen molar-refractivity contribution in [2.75, 3.05) is 15.9 Å². The van der Waals surface area contributed by atoms with E-state index in [1.54, 1.807) is 23.1 Å². The summed E-state index contributed by atoms with van der Waals surface area (Å²) in [5.41, 5.74) is 2.36. The van der Waals surface area contributed by atoms with Gasteiger partial charge in [0.1, 0.15) is 5.75 Å². The second-order valence-electron chi connectivity index (χ2n) is 6.47. The van der Waals surface area contributed by atoms with Crippen LogP contribution < -0.4 is 14.4 Å². The van der Waals surface area contributed by atoms with Gasteiger partial charge in [0, 0.05) is 17.3 Å². The largest absolute Gasteiger partial charge is 0.474 e. The third kappa shape index (κ3) is 3.57. The molecule has 1 N–H and O–H groups in total. The number of hydrogen-bond donors (Lipinski definition) is 1. The van der Waals surface area contributed by atoms with E-state index in [2.05, 4.69) is 4.72 Å². The van der Waals surface area contributed by atoms with Gasteiger partial charge in [-0.2, -0.15) is 0 Å². The molecular formula is C21H18N2O4S. The minimum Gasteiger partial charge on any atom is -0.474 e. The Balaban J connectivity index is 1.84. The fourth-order valence-electron chi connectivity index (χ4n) is 3.17. The Labute approximate surface area is 163 Å². The van der Waals surface area contributed by atoms with Crippen molar-refractivity contribution in [2.45, 2.75) is 6.10 Å². The molecule has 1 aliphatic rings. The van der Waals surface area contributed by atoms with Gasteiger partial charge in [0.25, 0.3) is 5.91 Å². The third-order valence-electron chi connectivity index (χ3n) is 4.31. The van der Waals surface area contributed by atoms with Crippen LogP contribution in [0.3, 0.4) is 0 Å². The zero-order valence-electron chi connectivity index (χ0n) is 15.1. The molecule has 28 heavy (non-hydrogen) atoms. The minimum absolute atomic E-state index is 0.214. The highest BCUT2D eigenvalue weighted by Gasteiger charge is 2.36. The maximum absolute atomic E-state index is 13.3. The lowest BCUT2D eigenvalue weighted by atomic mass is 10.0. The number of nitrogens with one attached hydrogen (secondary N) is 1. The fraction of sp³-hybridized carbons (Fsp3) is 0.0952. The van der Waals surface area contributed by atoms with Crippen LogP contribution in [0.15, 0.2) is 78.9 Å². The molecule has 6 nitrogen and oxygen atoms in total. The van der Waals surface area contributed by atoms with Crippen LogP contribution in [0, 0.1) is 0 Å². The molecule has 0 aromatic heterocycles. The van der Waals surface area contributed by atoms with E-state index in [1.165, 1.54) is 0 Å². The van der Waals surface area contributed by atoms with Crippen LogP contribution in [-0.4, -0.2) is 20.6 Å². The lowest BCUT2D eigenvalue weighted by molar-refractivity contribution is -0.125. The normalized spacial score (nSPS) is 16.2. The maximum Gasteiger partial charge on any atom is 0.277 e. The number of sulfonamides is 1. The molecule has 1 amide bonds. The summed E-state index contributed by atoms with van der Waals surface area (Å²) >= 11 is 0. The summed E-state index contributed by atoms with van der Waals surface area (Å²) in [5, 5.41) is 0. The molecule has 0 radical (unpaired) electrons. The summed E-state index contributed by atoms with van der Waals surface area (Å²) < 4.78 is 31.6. The second-order valence-corrected chi connectivity index (χ2v) is 8.22. The second kappa shape index (κ2) is 7.01. The van der Waals surface area contributed by atoms with Crippen molar-refractivity contribution in [1.82, 2.24) is 0 Å². The number of fused-ring (bicyclic) bond motifs is 1. The number of benzene rings is 3. The first-order valence-electron chi connectivity index (χ1n) is 8.65. The molecule has 0 aliphatic carbocycles. The van der Waals surface area contributed by atoms with Crippen LogP contribution in [0.5, 0.6) is 5.75 Å². The molecular weight excluding hydrogens is 376 g/mol. The number of para-hydroxylation sites is 1. The number of amides is 1. The highest BCUT2D eigenvalue weighted by atomic mass is 32.2. The Morgan fingerprint density at radius 3 is 2.21 bits per heavy atom. The van der Waals surface area contributed by atoms with Crippen LogP contribution >= 0.6 is 0 Å². The topological polar surface area (TPSA) is 75.7 Å². The van der Waals surface area contributed by atoms with Crippen molar-refractivity contribution >= 4 is 33.0 Å². The third-order valence-corrected chi connectivity index (χ3v) is 4.92. The molecule has 1 unspecified atom stereocenters. The molecule has 0 spiro atoms. The molecule has 1 atom stereocenters. The van der Waals surface area contributed by atoms with Crippen molar-refractivity contribution in [3.63, 3.8) is 0 Å². The highest BCUT2D eigenvalue weighted by Crippen LogP contribution is 2.44. The first-order chi connectivity index (χ1) is 13.4. The van der Waals surface area contributed by atoms with E-state index < -0.39 is 16.1 Å². The van der Waals surface area contributed by atoms with Gasteiger partial charge in [0.15, 0.2) is 0 Å². The van der Waals surface area contributed by atoms with Crippen LogP contribution in [0.25, 0.3) is 0 Å². The Morgan fingerprint density at radius 1 is 0.929 bits per heavy atom. The number of rotatable bonds is 4. The summed E-state index contributed by atoms with van der Waals surface area (Å²) in [5.74, 6) is 0.208. The lowest BCUT2D eigenvalue weighted by Crippen LogP contribution is -2.38. The SMILES string of the molecule is CS(=O)(=O)Nc1ccc2c(c1)OC(c1ccccc1)C(=O)N2c1ccccc1. The van der Waals surface area contributed by atoms with Crippen molar-refractivity contribution in [2.24, 2.45) is 0 Å². The van der Waals surface area contributed by atoms with Gasteiger partial charge in [-0.1, -0.05) is 48.5 Å². The van der Waals surface area contributed by atoms with Gasteiger partial charge in [0.05, 0.1) is 17.6 Å². The molecule has 0 fully saturated rings. The monoisotopic (exact) mass is 394 g/mol. The minimum atomic E-state index is -3.43. The van der Waals surface area contributed by atoms with Crippen molar-refractivity contribution in [3.05, 3.63) is 84.4 Å². The van der Waals surface area contributed by atoms with E-state index in [4.69, 9.17) is 4.74 Å². The Bertz CT molecular complexity index is 1120. The zero-order chi connectivity index (χ0) is 19.7. The number of anilines is 3. The smallest absolute Gasteiger partial charge is 0.277 e. The van der Waals surface area contributed by atoms with Gasteiger partial charge in [-0.15, -0.1) is 0 Å². The first-order valence-corrected chi connectivity index (χ1v) is 10.5. The number of carbonyl (C=O) groups excluding carboxylic acids is 1. The van der Waals surface area contributed by atoms with Gasteiger partial charge in [-0.25, -0.2) is 8.42 Å². The van der Waals surface area contributed by atoms with Gasteiger partial charge >= 0.3 is 0 Å². The van der Waals surface area contributed by atoms with E-state index in [0.29, 0.717) is 22.8 Å². The predicted molar refractivity (Wildman–Crippen MR) is 108 cm³/mol. The summed E-state index contributed by atoms with van der Waals surface area (Å²) in [7, 11) is -3.43. The van der Waals surface area contributed by atoms with Gasteiger partial charge in [-0.05, 0) is 24.3 Å². The average molecular weight is 394 g/mol. The van der Waals surface area contributed by atoms with Crippen molar-refractivity contribution in [3.8, 4) is 5.75 Å². The molecule has 7 heteroatoms. The summed E-state index contributed by atoms with van der Waals surface area (Å²) in [6.07, 6.45) is 0.252. The summed E-state index contributed by atoms with van der Waals surface area (Å²) in [6, 6.07) is 23.4. The molecule has 3 aromatic carbocycles. The standard InChI is InChI=1S/C21H18N2O4S/c1-28(25,26)22-16-12-13-18-19(14-16)27-20(15-8-4-2-5-9-15)21(24)23(18)17-10-6-3-7-11-17/h2-14,20,22H,1H3. The van der Waals surface area contributed by atoms with Crippen molar-refractivity contribution < 1.29 is 17.9 Å². The zero-order valence-corrected chi connectivity index (χ0v) is 15.9. The average Bonchev–Trinajstić information content (AvgIpc) is 2.68. The highest BCUT2D eigenvalue weighted by molar-refractivity contribution is 7.92. The molecule has 0 bridgehead atoms. The van der Waals surface area contributed by atoms with E-state index in [1.807, 2.05) is 60.7 Å². The molecule has 1 heterocycles.